The van der Waals surface area contributed by atoms with Crippen LogP contribution < -0.4 is 5.32 Å². The fraction of sp³-hybridized carbons (Fsp3) is 0.278. The van der Waals surface area contributed by atoms with Gasteiger partial charge in [-0.2, -0.15) is 13.2 Å². The van der Waals surface area contributed by atoms with Crippen LogP contribution in [0.1, 0.15) is 30.0 Å². The van der Waals surface area contributed by atoms with E-state index < -0.39 is 22.4 Å². The van der Waals surface area contributed by atoms with Crippen LogP contribution in [0.2, 0.25) is 0 Å². The molecule has 0 atom stereocenters. The van der Waals surface area contributed by atoms with Gasteiger partial charge in [-0.15, -0.1) is 11.3 Å². The second kappa shape index (κ2) is 7.29. The Kier molecular flexibility index (Phi) is 4.90. The highest BCUT2D eigenvalue weighted by Gasteiger charge is 2.39. The number of anilines is 2. The smallest absolute Gasteiger partial charge is 0.383 e. The van der Waals surface area contributed by atoms with E-state index in [1.54, 1.807) is 0 Å². The predicted molar refractivity (Wildman–Crippen MR) is 102 cm³/mol. The molecule has 8 nitrogen and oxygen atoms in total. The summed E-state index contributed by atoms with van der Waals surface area (Å²) in [7, 11) is 0. The Morgan fingerprint density at radius 1 is 1.23 bits per heavy atom. The lowest BCUT2D eigenvalue weighted by molar-refractivity contribution is -0.384. The number of nitrogens with one attached hydrogen (secondary N) is 1. The van der Waals surface area contributed by atoms with Crippen molar-refractivity contribution < 1.29 is 23.2 Å². The van der Waals surface area contributed by atoms with Gasteiger partial charge in [-0.3, -0.25) is 10.1 Å². The summed E-state index contributed by atoms with van der Waals surface area (Å²) >= 11 is 1.22. The van der Waals surface area contributed by atoms with Gasteiger partial charge in [0.1, 0.15) is 16.3 Å². The summed E-state index contributed by atoms with van der Waals surface area (Å²) < 4.78 is 38.6. The maximum atomic E-state index is 12.9. The Labute approximate surface area is 171 Å². The zero-order valence-electron chi connectivity index (χ0n) is 15.2. The number of nitro groups is 1. The van der Waals surface area contributed by atoms with E-state index in [2.05, 4.69) is 20.3 Å². The van der Waals surface area contributed by atoms with Gasteiger partial charge >= 0.3 is 6.18 Å². The molecular formula is C18H14F3N5O3S. The minimum atomic E-state index is -4.64. The number of hydrogen-bond acceptors (Lipinski definition) is 8. The van der Waals surface area contributed by atoms with Crippen LogP contribution in [0.4, 0.5) is 30.5 Å². The minimum absolute atomic E-state index is 0.149. The molecule has 0 unspecified atom stereocenters. The van der Waals surface area contributed by atoms with Crippen molar-refractivity contribution >= 4 is 28.7 Å². The molecule has 0 aliphatic heterocycles. The largest absolute Gasteiger partial charge is 0.433 e. The number of benzene rings is 1. The predicted octanol–water partition coefficient (Wildman–Crippen LogP) is 4.64. The highest BCUT2D eigenvalue weighted by atomic mass is 32.1. The number of hydrogen-bond donors (Lipinski definition) is 2. The Hall–Kier alpha value is -3.12. The fourth-order valence-electron chi connectivity index (χ4n) is 2.99. The van der Waals surface area contributed by atoms with Crippen molar-refractivity contribution in [3.8, 4) is 10.4 Å². The van der Waals surface area contributed by atoms with Crippen molar-refractivity contribution in [2.45, 2.75) is 31.0 Å². The average Bonchev–Trinajstić information content (AvgIpc) is 3.16. The zero-order chi connectivity index (χ0) is 21.5. The Morgan fingerprint density at radius 3 is 2.63 bits per heavy atom. The van der Waals surface area contributed by atoms with Crippen molar-refractivity contribution in [3.63, 3.8) is 0 Å². The molecule has 156 valence electrons. The maximum Gasteiger partial charge on any atom is 0.433 e. The summed E-state index contributed by atoms with van der Waals surface area (Å²) in [6.45, 7) is 0. The number of aliphatic hydroxyl groups is 1. The van der Waals surface area contributed by atoms with Gasteiger partial charge in [-0.1, -0.05) is 0 Å². The third-order valence-corrected chi connectivity index (χ3v) is 5.94. The first-order valence-electron chi connectivity index (χ1n) is 8.80. The van der Waals surface area contributed by atoms with E-state index in [0.717, 1.165) is 18.7 Å². The second-order valence-electron chi connectivity index (χ2n) is 6.83. The van der Waals surface area contributed by atoms with Crippen LogP contribution in [0, 0.1) is 10.1 Å². The lowest BCUT2D eigenvalue weighted by Gasteiger charge is -2.34. The molecule has 0 bridgehead atoms. The lowest BCUT2D eigenvalue weighted by atomic mass is 9.81. The molecule has 30 heavy (non-hydrogen) atoms. The number of aromatic nitrogens is 3. The van der Waals surface area contributed by atoms with Gasteiger partial charge in [0.25, 0.3) is 5.69 Å². The van der Waals surface area contributed by atoms with Gasteiger partial charge in [0.05, 0.1) is 9.80 Å². The Bertz CT molecular complexity index is 1110. The highest BCUT2D eigenvalue weighted by molar-refractivity contribution is 7.15. The highest BCUT2D eigenvalue weighted by Crippen LogP contribution is 2.44. The van der Waals surface area contributed by atoms with Crippen LogP contribution in [0.25, 0.3) is 10.4 Å². The third-order valence-electron chi connectivity index (χ3n) is 4.70. The number of non-ortho nitro benzene ring substituents is 1. The molecule has 0 spiro atoms. The summed E-state index contributed by atoms with van der Waals surface area (Å²) in [5.41, 5.74) is -1.77. The number of halogens is 3. The molecule has 3 aromatic rings. The van der Waals surface area contributed by atoms with E-state index in [-0.39, 0.29) is 17.3 Å². The van der Waals surface area contributed by atoms with Crippen molar-refractivity contribution in [2.24, 2.45) is 0 Å². The zero-order valence-corrected chi connectivity index (χ0v) is 16.0. The molecule has 4 rings (SSSR count). The van der Waals surface area contributed by atoms with Gasteiger partial charge in [0.2, 0.25) is 5.95 Å². The summed E-state index contributed by atoms with van der Waals surface area (Å²) in [6.07, 6.45) is -0.0738. The first kappa shape index (κ1) is 20.2. The average molecular weight is 437 g/mol. The minimum Gasteiger partial charge on any atom is -0.383 e. The number of thiazole rings is 1. The van der Waals surface area contributed by atoms with Crippen LogP contribution in [0.5, 0.6) is 0 Å². The quantitative estimate of drug-likeness (QED) is 0.441. The first-order chi connectivity index (χ1) is 14.1. The van der Waals surface area contributed by atoms with Gasteiger partial charge in [-0.25, -0.2) is 15.0 Å². The summed E-state index contributed by atoms with van der Waals surface area (Å²) in [6, 6.07) is 4.77. The van der Waals surface area contributed by atoms with Crippen molar-refractivity contribution in [3.05, 3.63) is 57.5 Å². The molecule has 1 fully saturated rings. The third kappa shape index (κ3) is 3.96. The number of alkyl halides is 3. The van der Waals surface area contributed by atoms with Crippen LogP contribution in [0.3, 0.4) is 0 Å². The first-order valence-corrected chi connectivity index (χ1v) is 9.61. The SMILES string of the molecule is O=[N+]([O-])c1cc(Nc2nccc(C(F)(F)F)n2)cc(-c2cnc(C3(O)CCC3)s2)c1. The molecule has 2 aromatic heterocycles. The fourth-order valence-corrected chi connectivity index (χ4v) is 4.03. The van der Waals surface area contributed by atoms with Crippen LogP contribution in [-0.4, -0.2) is 25.0 Å². The second-order valence-corrected chi connectivity index (χ2v) is 7.86. The van der Waals surface area contributed by atoms with E-state index in [1.165, 1.54) is 35.7 Å². The van der Waals surface area contributed by atoms with Crippen molar-refractivity contribution in [1.82, 2.24) is 15.0 Å². The molecule has 12 heteroatoms. The monoisotopic (exact) mass is 437 g/mol. The van der Waals surface area contributed by atoms with Crippen molar-refractivity contribution in [1.29, 1.82) is 0 Å². The van der Waals surface area contributed by atoms with Crippen LogP contribution in [-0.2, 0) is 11.8 Å². The lowest BCUT2D eigenvalue weighted by Crippen LogP contribution is -2.33. The van der Waals surface area contributed by atoms with E-state index in [9.17, 15) is 28.4 Å². The topological polar surface area (TPSA) is 114 Å². The van der Waals surface area contributed by atoms with E-state index in [1.807, 2.05) is 0 Å². The number of rotatable bonds is 5. The Balaban J connectivity index is 1.68. The summed E-state index contributed by atoms with van der Waals surface area (Å²) in [5, 5.41) is 24.9. The molecule has 2 heterocycles. The molecule has 1 aliphatic rings. The van der Waals surface area contributed by atoms with Crippen LogP contribution >= 0.6 is 11.3 Å². The van der Waals surface area contributed by atoms with Gasteiger partial charge in [-0.05, 0) is 31.4 Å². The molecule has 1 aliphatic carbocycles. The standard InChI is InChI=1S/C18H14F3N5O3S/c19-18(20,21)14-2-5-22-16(25-14)24-11-6-10(7-12(8-11)26(28)29)13-9-23-15(30-13)17(27)3-1-4-17/h2,5-9,27H,1,3-4H2,(H,22,24,25). The van der Waals surface area contributed by atoms with E-state index in [4.69, 9.17) is 0 Å². The molecule has 1 aromatic carbocycles. The molecule has 1 saturated carbocycles. The maximum absolute atomic E-state index is 12.9. The normalized spacial score (nSPS) is 15.5. The van der Waals surface area contributed by atoms with Gasteiger partial charge in [0.15, 0.2) is 0 Å². The van der Waals surface area contributed by atoms with E-state index >= 15 is 0 Å². The van der Waals surface area contributed by atoms with Gasteiger partial charge < -0.3 is 10.4 Å². The molecule has 2 N–H and O–H groups in total. The van der Waals surface area contributed by atoms with Crippen molar-refractivity contribution in [2.75, 3.05) is 5.32 Å². The van der Waals surface area contributed by atoms with Gasteiger partial charge in [0, 0.05) is 35.8 Å². The molecular weight excluding hydrogens is 423 g/mol. The summed E-state index contributed by atoms with van der Waals surface area (Å²) in [5.74, 6) is -0.343. The number of nitrogens with zero attached hydrogens (tertiary/aromatic N) is 4. The molecule has 0 saturated heterocycles. The molecule has 0 radical (unpaired) electrons. The van der Waals surface area contributed by atoms with E-state index in [0.29, 0.717) is 28.3 Å². The van der Waals surface area contributed by atoms with Crippen LogP contribution in [0.15, 0.2) is 36.7 Å². The Morgan fingerprint density at radius 2 is 2.00 bits per heavy atom. The summed E-state index contributed by atoms with van der Waals surface area (Å²) in [4.78, 5) is 22.7. The number of nitro benzene ring substituents is 1. The molecule has 0 amide bonds.